The molecule has 0 bridgehead atoms. The highest BCUT2D eigenvalue weighted by molar-refractivity contribution is 5.96. The quantitative estimate of drug-likeness (QED) is 0.858. The predicted molar refractivity (Wildman–Crippen MR) is 64.6 cm³/mol. The molecule has 0 aromatic heterocycles. The van der Waals surface area contributed by atoms with Crippen molar-refractivity contribution in [1.82, 2.24) is 10.2 Å². The minimum atomic E-state index is -0.269. The molecule has 1 heterocycles. The highest BCUT2D eigenvalue weighted by Crippen LogP contribution is 2.09. The Bertz CT molecular complexity index is 443. The molecule has 1 fully saturated rings. The number of urea groups is 1. The number of aryl methyl sites for hydroxylation is 1. The molecule has 3 amide bonds. The van der Waals surface area contributed by atoms with Crippen molar-refractivity contribution in [2.45, 2.75) is 19.8 Å². The zero-order valence-electron chi connectivity index (χ0n) is 9.90. The van der Waals surface area contributed by atoms with Gasteiger partial charge in [0.05, 0.1) is 0 Å². The van der Waals surface area contributed by atoms with E-state index in [2.05, 4.69) is 24.4 Å². The number of imide groups is 1. The van der Waals surface area contributed by atoms with Crippen molar-refractivity contribution in [2.24, 2.45) is 0 Å². The minimum Gasteiger partial charge on any atom is -0.324 e. The topological polar surface area (TPSA) is 49.4 Å². The van der Waals surface area contributed by atoms with E-state index >= 15 is 0 Å². The number of benzene rings is 1. The van der Waals surface area contributed by atoms with Crippen molar-refractivity contribution in [3.63, 3.8) is 0 Å². The van der Waals surface area contributed by atoms with Crippen LogP contribution in [0.4, 0.5) is 4.79 Å². The molecule has 0 aliphatic carbocycles. The van der Waals surface area contributed by atoms with Crippen LogP contribution < -0.4 is 5.32 Å². The summed E-state index contributed by atoms with van der Waals surface area (Å²) in [6.45, 7) is 3.25. The van der Waals surface area contributed by atoms with E-state index in [0.29, 0.717) is 19.5 Å². The van der Waals surface area contributed by atoms with Gasteiger partial charge < -0.3 is 4.90 Å². The molecule has 4 nitrogen and oxygen atoms in total. The van der Waals surface area contributed by atoms with Crippen molar-refractivity contribution in [3.05, 3.63) is 35.4 Å². The maximum Gasteiger partial charge on any atom is 0.324 e. The van der Waals surface area contributed by atoms with Gasteiger partial charge in [0, 0.05) is 19.5 Å². The Labute approximate surface area is 101 Å². The summed E-state index contributed by atoms with van der Waals surface area (Å²) in [5.41, 5.74) is 2.48. The summed E-state index contributed by atoms with van der Waals surface area (Å²) in [7, 11) is 0. The maximum atomic E-state index is 11.5. The van der Waals surface area contributed by atoms with Crippen molar-refractivity contribution in [1.29, 1.82) is 0 Å². The summed E-state index contributed by atoms with van der Waals surface area (Å²) in [5.74, 6) is -0.179. The van der Waals surface area contributed by atoms with Crippen LogP contribution in [-0.4, -0.2) is 29.9 Å². The SMILES string of the molecule is Cc1ccccc1CCN1CCC(=O)NC1=O. The van der Waals surface area contributed by atoms with Crippen LogP contribution in [-0.2, 0) is 11.2 Å². The van der Waals surface area contributed by atoms with E-state index in [1.165, 1.54) is 11.1 Å². The lowest BCUT2D eigenvalue weighted by Crippen LogP contribution is -2.49. The first-order valence-corrected chi connectivity index (χ1v) is 5.80. The molecule has 0 unspecified atom stereocenters. The van der Waals surface area contributed by atoms with Crippen LogP contribution in [0, 0.1) is 6.92 Å². The third kappa shape index (κ3) is 2.84. The maximum absolute atomic E-state index is 11.5. The average molecular weight is 232 g/mol. The monoisotopic (exact) mass is 232 g/mol. The number of nitrogens with one attached hydrogen (secondary N) is 1. The molecular formula is C13H16N2O2. The molecule has 0 spiro atoms. The van der Waals surface area contributed by atoms with Gasteiger partial charge in [-0.15, -0.1) is 0 Å². The van der Waals surface area contributed by atoms with Crippen LogP contribution in [0.2, 0.25) is 0 Å². The molecular weight excluding hydrogens is 216 g/mol. The highest BCUT2D eigenvalue weighted by Gasteiger charge is 2.22. The summed E-state index contributed by atoms with van der Waals surface area (Å²) < 4.78 is 0. The summed E-state index contributed by atoms with van der Waals surface area (Å²) in [6, 6.07) is 7.87. The Kier molecular flexibility index (Phi) is 3.42. The van der Waals surface area contributed by atoms with Gasteiger partial charge in [-0.1, -0.05) is 24.3 Å². The van der Waals surface area contributed by atoms with Crippen LogP contribution in [0.1, 0.15) is 17.5 Å². The number of nitrogens with zero attached hydrogens (tertiary/aromatic N) is 1. The number of carbonyl (C=O) groups is 2. The normalized spacial score (nSPS) is 15.9. The van der Waals surface area contributed by atoms with E-state index in [0.717, 1.165) is 6.42 Å². The lowest BCUT2D eigenvalue weighted by Gasteiger charge is -2.26. The molecule has 1 aliphatic heterocycles. The van der Waals surface area contributed by atoms with E-state index < -0.39 is 0 Å². The minimum absolute atomic E-state index is 0.179. The van der Waals surface area contributed by atoms with Gasteiger partial charge in [-0.3, -0.25) is 10.1 Å². The predicted octanol–water partition coefficient (Wildman–Crippen LogP) is 1.48. The van der Waals surface area contributed by atoms with Crippen molar-refractivity contribution in [2.75, 3.05) is 13.1 Å². The van der Waals surface area contributed by atoms with Gasteiger partial charge in [0.25, 0.3) is 0 Å². The van der Waals surface area contributed by atoms with Gasteiger partial charge in [0.2, 0.25) is 5.91 Å². The molecule has 4 heteroatoms. The van der Waals surface area contributed by atoms with Crippen LogP contribution in [0.15, 0.2) is 24.3 Å². The molecule has 1 saturated heterocycles. The Morgan fingerprint density at radius 2 is 2.06 bits per heavy atom. The van der Waals surface area contributed by atoms with Crippen LogP contribution in [0.5, 0.6) is 0 Å². The fourth-order valence-corrected chi connectivity index (χ4v) is 1.96. The fraction of sp³-hybridized carbons (Fsp3) is 0.385. The van der Waals surface area contributed by atoms with Crippen molar-refractivity contribution < 1.29 is 9.59 Å². The molecule has 90 valence electrons. The molecule has 1 aliphatic rings. The molecule has 17 heavy (non-hydrogen) atoms. The summed E-state index contributed by atoms with van der Waals surface area (Å²) in [6.07, 6.45) is 1.23. The molecule has 0 saturated carbocycles. The summed E-state index contributed by atoms with van der Waals surface area (Å²) in [4.78, 5) is 24.2. The van der Waals surface area contributed by atoms with E-state index in [-0.39, 0.29) is 11.9 Å². The second kappa shape index (κ2) is 4.99. The molecule has 1 N–H and O–H groups in total. The van der Waals surface area contributed by atoms with Crippen LogP contribution >= 0.6 is 0 Å². The first-order chi connectivity index (χ1) is 8.16. The van der Waals surface area contributed by atoms with Crippen molar-refractivity contribution >= 4 is 11.9 Å². The van der Waals surface area contributed by atoms with Gasteiger partial charge in [0.1, 0.15) is 0 Å². The van der Waals surface area contributed by atoms with E-state index in [4.69, 9.17) is 0 Å². The number of carbonyl (C=O) groups excluding carboxylic acids is 2. The Hall–Kier alpha value is -1.84. The zero-order valence-corrected chi connectivity index (χ0v) is 9.90. The Balaban J connectivity index is 1.92. The average Bonchev–Trinajstić information content (AvgIpc) is 2.30. The van der Waals surface area contributed by atoms with Gasteiger partial charge in [-0.2, -0.15) is 0 Å². The summed E-state index contributed by atoms with van der Waals surface area (Å²) in [5, 5.41) is 2.33. The zero-order chi connectivity index (χ0) is 12.3. The molecule has 0 radical (unpaired) electrons. The number of hydrogen-bond donors (Lipinski definition) is 1. The second-order valence-corrected chi connectivity index (χ2v) is 4.27. The number of hydrogen-bond acceptors (Lipinski definition) is 2. The first-order valence-electron chi connectivity index (χ1n) is 5.80. The number of amides is 3. The van der Waals surface area contributed by atoms with E-state index in [9.17, 15) is 9.59 Å². The lowest BCUT2D eigenvalue weighted by molar-refractivity contribution is -0.121. The van der Waals surface area contributed by atoms with Crippen molar-refractivity contribution in [3.8, 4) is 0 Å². The standard InChI is InChI=1S/C13H16N2O2/c1-10-4-2-3-5-11(10)6-8-15-9-7-12(16)14-13(15)17/h2-5H,6-9H2,1H3,(H,14,16,17). The van der Waals surface area contributed by atoms with E-state index in [1.54, 1.807) is 4.90 Å². The molecule has 0 atom stereocenters. The smallest absolute Gasteiger partial charge is 0.324 e. The third-order valence-electron chi connectivity index (χ3n) is 3.05. The molecule has 1 aromatic carbocycles. The largest absolute Gasteiger partial charge is 0.324 e. The molecule has 2 rings (SSSR count). The number of rotatable bonds is 3. The fourth-order valence-electron chi connectivity index (χ4n) is 1.96. The van der Waals surface area contributed by atoms with Gasteiger partial charge in [-0.25, -0.2) is 4.79 Å². The highest BCUT2D eigenvalue weighted by atomic mass is 16.2. The lowest BCUT2D eigenvalue weighted by atomic mass is 10.1. The Morgan fingerprint density at radius 1 is 1.29 bits per heavy atom. The summed E-state index contributed by atoms with van der Waals surface area (Å²) >= 11 is 0. The Morgan fingerprint density at radius 3 is 2.76 bits per heavy atom. The van der Waals surface area contributed by atoms with Gasteiger partial charge >= 0.3 is 6.03 Å². The molecule has 1 aromatic rings. The van der Waals surface area contributed by atoms with Gasteiger partial charge in [-0.05, 0) is 24.5 Å². The second-order valence-electron chi connectivity index (χ2n) is 4.27. The van der Waals surface area contributed by atoms with Gasteiger partial charge in [0.15, 0.2) is 0 Å². The van der Waals surface area contributed by atoms with E-state index in [1.807, 2.05) is 12.1 Å². The first kappa shape index (κ1) is 11.6. The van der Waals surface area contributed by atoms with Crippen LogP contribution in [0.25, 0.3) is 0 Å². The third-order valence-corrected chi connectivity index (χ3v) is 3.05. The van der Waals surface area contributed by atoms with Crippen LogP contribution in [0.3, 0.4) is 0 Å².